The molecule has 2 rings (SSSR count). The highest BCUT2D eigenvalue weighted by Crippen LogP contribution is 2.22. The second-order valence-corrected chi connectivity index (χ2v) is 4.12. The van der Waals surface area contributed by atoms with E-state index >= 15 is 0 Å². The van der Waals surface area contributed by atoms with E-state index in [1.54, 1.807) is 0 Å². The third-order valence-corrected chi connectivity index (χ3v) is 2.92. The summed E-state index contributed by atoms with van der Waals surface area (Å²) in [5.74, 6) is 0. The highest BCUT2D eigenvalue weighted by molar-refractivity contribution is 5.47. The molecule has 4 heteroatoms. The molecule has 0 amide bonds. The van der Waals surface area contributed by atoms with E-state index in [-0.39, 0.29) is 12.5 Å². The van der Waals surface area contributed by atoms with Crippen LogP contribution in [0.15, 0.2) is 30.3 Å². The number of hydrogen-bond acceptors (Lipinski definition) is 4. The maximum atomic E-state index is 5.72. The first-order chi connectivity index (χ1) is 8.85. The van der Waals surface area contributed by atoms with E-state index in [1.807, 2.05) is 32.0 Å². The quantitative estimate of drug-likeness (QED) is 0.803. The number of rotatable bonds is 5. The molecule has 1 heterocycles. The van der Waals surface area contributed by atoms with E-state index < -0.39 is 0 Å². The van der Waals surface area contributed by atoms with Gasteiger partial charge in [0.05, 0.1) is 13.2 Å². The molecule has 0 saturated carbocycles. The van der Waals surface area contributed by atoms with Gasteiger partial charge in [0.2, 0.25) is 0 Å². The molecule has 1 saturated heterocycles. The van der Waals surface area contributed by atoms with Gasteiger partial charge in [0.25, 0.3) is 0 Å². The zero-order chi connectivity index (χ0) is 12.8. The van der Waals surface area contributed by atoms with E-state index in [9.17, 15) is 0 Å². The number of anilines is 1. The summed E-state index contributed by atoms with van der Waals surface area (Å²) in [5, 5.41) is 0. The summed E-state index contributed by atoms with van der Waals surface area (Å²) in [6, 6.07) is 10.2. The lowest BCUT2D eigenvalue weighted by Crippen LogP contribution is -2.52. The maximum absolute atomic E-state index is 5.72. The molecule has 1 aliphatic heterocycles. The molecule has 1 aromatic rings. The van der Waals surface area contributed by atoms with Crippen LogP contribution in [0, 0.1) is 0 Å². The zero-order valence-corrected chi connectivity index (χ0v) is 11.0. The van der Waals surface area contributed by atoms with Crippen molar-refractivity contribution in [3.05, 3.63) is 30.3 Å². The SMILES string of the molecule is CCOC1CN(c2ccccc2)C(OCC)CO1. The van der Waals surface area contributed by atoms with Crippen LogP contribution in [0.1, 0.15) is 13.8 Å². The maximum Gasteiger partial charge on any atom is 0.175 e. The molecule has 0 radical (unpaired) electrons. The standard InChI is InChI=1S/C14H21NO3/c1-3-16-13-11-18-14(17-4-2)10-15(13)12-8-6-5-7-9-12/h5-9,13-14H,3-4,10-11H2,1-2H3. The fraction of sp³-hybridized carbons (Fsp3) is 0.571. The van der Waals surface area contributed by atoms with Crippen molar-refractivity contribution in [3.8, 4) is 0 Å². The Morgan fingerprint density at radius 3 is 2.56 bits per heavy atom. The topological polar surface area (TPSA) is 30.9 Å². The fourth-order valence-corrected chi connectivity index (χ4v) is 2.12. The van der Waals surface area contributed by atoms with Crippen LogP contribution in [0.3, 0.4) is 0 Å². The third-order valence-electron chi connectivity index (χ3n) is 2.92. The predicted octanol–water partition coefficient (Wildman–Crippen LogP) is 2.25. The lowest BCUT2D eigenvalue weighted by molar-refractivity contribution is -0.179. The van der Waals surface area contributed by atoms with Crippen LogP contribution in [0.2, 0.25) is 0 Å². The summed E-state index contributed by atoms with van der Waals surface area (Å²) in [4.78, 5) is 2.20. The van der Waals surface area contributed by atoms with Crippen molar-refractivity contribution >= 4 is 5.69 Å². The zero-order valence-electron chi connectivity index (χ0n) is 11.0. The van der Waals surface area contributed by atoms with Crippen molar-refractivity contribution in [3.63, 3.8) is 0 Å². The predicted molar refractivity (Wildman–Crippen MR) is 70.6 cm³/mol. The second-order valence-electron chi connectivity index (χ2n) is 4.12. The van der Waals surface area contributed by atoms with E-state index in [0.29, 0.717) is 26.4 Å². The van der Waals surface area contributed by atoms with Gasteiger partial charge in [0, 0.05) is 18.9 Å². The van der Waals surface area contributed by atoms with Gasteiger partial charge in [-0.15, -0.1) is 0 Å². The summed E-state index contributed by atoms with van der Waals surface area (Å²) in [7, 11) is 0. The molecule has 2 unspecified atom stereocenters. The monoisotopic (exact) mass is 251 g/mol. The van der Waals surface area contributed by atoms with Crippen LogP contribution in [0.25, 0.3) is 0 Å². The normalized spacial score (nSPS) is 24.2. The molecule has 0 aromatic heterocycles. The Kier molecular flexibility index (Phi) is 4.99. The number of morpholine rings is 1. The van der Waals surface area contributed by atoms with E-state index in [1.165, 1.54) is 0 Å². The second kappa shape index (κ2) is 6.73. The van der Waals surface area contributed by atoms with Gasteiger partial charge in [-0.1, -0.05) is 18.2 Å². The molecular weight excluding hydrogens is 230 g/mol. The van der Waals surface area contributed by atoms with Crippen molar-refractivity contribution in [1.82, 2.24) is 0 Å². The van der Waals surface area contributed by atoms with E-state index in [2.05, 4.69) is 17.0 Å². The summed E-state index contributed by atoms with van der Waals surface area (Å²) in [6.07, 6.45) is -0.207. The molecule has 4 nitrogen and oxygen atoms in total. The molecule has 2 atom stereocenters. The number of ether oxygens (including phenoxy) is 3. The van der Waals surface area contributed by atoms with Crippen molar-refractivity contribution in [2.75, 3.05) is 31.3 Å². The van der Waals surface area contributed by atoms with Crippen molar-refractivity contribution in [2.45, 2.75) is 26.4 Å². The summed E-state index contributed by atoms with van der Waals surface area (Å²) in [6.45, 7) is 6.54. The minimum Gasteiger partial charge on any atom is -0.356 e. The Hall–Kier alpha value is -1.10. The third kappa shape index (κ3) is 3.22. The summed E-state index contributed by atoms with van der Waals surface area (Å²) < 4.78 is 16.9. The lowest BCUT2D eigenvalue weighted by atomic mass is 10.2. The fourth-order valence-electron chi connectivity index (χ4n) is 2.12. The Bertz CT molecular complexity index is 344. The largest absolute Gasteiger partial charge is 0.356 e. The van der Waals surface area contributed by atoms with Gasteiger partial charge in [-0.05, 0) is 26.0 Å². The minimum atomic E-state index is -0.174. The van der Waals surface area contributed by atoms with Crippen LogP contribution in [-0.4, -0.2) is 38.9 Å². The van der Waals surface area contributed by atoms with Crippen LogP contribution in [0.4, 0.5) is 5.69 Å². The van der Waals surface area contributed by atoms with Crippen molar-refractivity contribution in [2.24, 2.45) is 0 Å². The first-order valence-electron chi connectivity index (χ1n) is 6.51. The van der Waals surface area contributed by atoms with E-state index in [0.717, 1.165) is 5.69 Å². The smallest absolute Gasteiger partial charge is 0.175 e. The first kappa shape index (κ1) is 13.3. The Morgan fingerprint density at radius 2 is 1.89 bits per heavy atom. The first-order valence-corrected chi connectivity index (χ1v) is 6.51. The Morgan fingerprint density at radius 1 is 1.17 bits per heavy atom. The molecule has 0 spiro atoms. The summed E-state index contributed by atoms with van der Waals surface area (Å²) in [5.41, 5.74) is 1.14. The van der Waals surface area contributed by atoms with Gasteiger partial charge in [-0.2, -0.15) is 0 Å². The number of para-hydroxylation sites is 1. The minimum absolute atomic E-state index is 0.0332. The number of nitrogens with zero attached hydrogens (tertiary/aromatic N) is 1. The van der Waals surface area contributed by atoms with Crippen LogP contribution >= 0.6 is 0 Å². The average molecular weight is 251 g/mol. The molecule has 18 heavy (non-hydrogen) atoms. The van der Waals surface area contributed by atoms with Gasteiger partial charge < -0.3 is 19.1 Å². The van der Waals surface area contributed by atoms with Crippen LogP contribution in [-0.2, 0) is 14.2 Å². The molecule has 0 aliphatic carbocycles. The van der Waals surface area contributed by atoms with Crippen LogP contribution < -0.4 is 4.90 Å². The van der Waals surface area contributed by atoms with Gasteiger partial charge in [0.1, 0.15) is 0 Å². The number of hydrogen-bond donors (Lipinski definition) is 0. The van der Waals surface area contributed by atoms with Gasteiger partial charge in [-0.25, -0.2) is 0 Å². The van der Waals surface area contributed by atoms with Gasteiger partial charge in [0.15, 0.2) is 12.5 Å². The van der Waals surface area contributed by atoms with Crippen molar-refractivity contribution in [1.29, 1.82) is 0 Å². The molecular formula is C14H21NO3. The molecule has 0 bridgehead atoms. The van der Waals surface area contributed by atoms with Crippen LogP contribution in [0.5, 0.6) is 0 Å². The molecule has 100 valence electrons. The lowest BCUT2D eigenvalue weighted by Gasteiger charge is -2.40. The Labute approximate surface area is 108 Å². The Balaban J connectivity index is 2.09. The van der Waals surface area contributed by atoms with Crippen molar-refractivity contribution < 1.29 is 14.2 Å². The molecule has 1 aliphatic rings. The molecule has 1 fully saturated rings. The number of benzene rings is 1. The summed E-state index contributed by atoms with van der Waals surface area (Å²) >= 11 is 0. The highest BCUT2D eigenvalue weighted by Gasteiger charge is 2.29. The highest BCUT2D eigenvalue weighted by atomic mass is 16.7. The molecule has 0 N–H and O–H groups in total. The van der Waals surface area contributed by atoms with Gasteiger partial charge >= 0.3 is 0 Å². The molecule has 1 aromatic carbocycles. The van der Waals surface area contributed by atoms with Gasteiger partial charge in [-0.3, -0.25) is 0 Å². The average Bonchev–Trinajstić information content (AvgIpc) is 2.42. The van der Waals surface area contributed by atoms with E-state index in [4.69, 9.17) is 14.2 Å².